The lowest BCUT2D eigenvalue weighted by Crippen LogP contribution is -2.29. The molecule has 1 amide bonds. The fraction of sp³-hybridized carbons (Fsp3) is 0.269. The molecular formula is C26H23ClN2O6S. The van der Waals surface area contributed by atoms with Crippen LogP contribution in [0.1, 0.15) is 43.9 Å². The molecule has 0 bridgehead atoms. The maximum absolute atomic E-state index is 13.9. The van der Waals surface area contributed by atoms with Crippen molar-refractivity contribution in [2.75, 3.05) is 26.2 Å². The van der Waals surface area contributed by atoms with Crippen LogP contribution in [0.5, 0.6) is 17.2 Å². The van der Waals surface area contributed by atoms with Crippen LogP contribution in [0.3, 0.4) is 0 Å². The first-order chi connectivity index (χ1) is 17.2. The van der Waals surface area contributed by atoms with E-state index in [1.165, 1.54) is 37.6 Å². The highest BCUT2D eigenvalue weighted by Crippen LogP contribution is 2.47. The van der Waals surface area contributed by atoms with E-state index in [0.29, 0.717) is 43.9 Å². The Bertz CT molecular complexity index is 1560. The van der Waals surface area contributed by atoms with Crippen LogP contribution < -0.4 is 24.5 Å². The molecule has 0 radical (unpaired) electrons. The van der Waals surface area contributed by atoms with Gasteiger partial charge in [0, 0.05) is 9.90 Å². The van der Waals surface area contributed by atoms with Crippen LogP contribution >= 0.6 is 22.9 Å². The predicted molar refractivity (Wildman–Crippen MR) is 139 cm³/mol. The molecule has 3 heterocycles. The van der Waals surface area contributed by atoms with Gasteiger partial charge in [0.05, 0.1) is 44.0 Å². The number of carbonyl (C=O) groups excluding carboxylic acids is 1. The number of benzene rings is 2. The highest BCUT2D eigenvalue weighted by molar-refractivity contribution is 7.15. The lowest BCUT2D eigenvalue weighted by atomic mass is 9.97. The Morgan fingerprint density at radius 1 is 1.00 bits per heavy atom. The monoisotopic (exact) mass is 526 g/mol. The number of fused-ring (bicyclic) bond motifs is 2. The SMILES string of the molecule is COc1cc(C2c3c(oc4cc(C)c(Cl)cc4c3=O)C(=O)N2c2nc(C)c(C)s2)cc(OC)c1OC. The number of aryl methyl sites for hydroxylation is 3. The lowest BCUT2D eigenvalue weighted by Gasteiger charge is -2.24. The van der Waals surface area contributed by atoms with Crippen molar-refractivity contribution in [1.82, 2.24) is 4.98 Å². The summed E-state index contributed by atoms with van der Waals surface area (Å²) >= 11 is 7.71. The van der Waals surface area contributed by atoms with Crippen molar-refractivity contribution in [3.63, 3.8) is 0 Å². The summed E-state index contributed by atoms with van der Waals surface area (Å²) in [5.41, 5.74) is 2.27. The zero-order valence-corrected chi connectivity index (χ0v) is 22.1. The molecule has 10 heteroatoms. The Morgan fingerprint density at radius 2 is 1.67 bits per heavy atom. The van der Waals surface area contributed by atoms with E-state index in [1.54, 1.807) is 24.3 Å². The molecule has 1 atom stereocenters. The molecule has 5 rings (SSSR count). The fourth-order valence-corrected chi connectivity index (χ4v) is 5.52. The third-order valence-electron chi connectivity index (χ3n) is 6.38. The maximum Gasteiger partial charge on any atom is 0.297 e. The summed E-state index contributed by atoms with van der Waals surface area (Å²) in [5.74, 6) is 0.697. The van der Waals surface area contributed by atoms with Gasteiger partial charge in [-0.3, -0.25) is 14.5 Å². The molecule has 0 saturated heterocycles. The molecule has 0 aliphatic carbocycles. The number of thiazole rings is 1. The standard InChI is InChI=1S/C26H23ClN2O6S/c1-11-7-17-15(10-16(11)27)22(30)20-21(14-8-18(32-4)23(34-6)19(9-14)33-5)29(25(31)24(20)35-17)26-28-12(2)13(3)36-26/h7-10,21H,1-6H3. The summed E-state index contributed by atoms with van der Waals surface area (Å²) < 4.78 is 22.6. The Labute approximate surface area is 216 Å². The Morgan fingerprint density at radius 3 is 2.22 bits per heavy atom. The van der Waals surface area contributed by atoms with E-state index in [1.807, 2.05) is 20.8 Å². The molecule has 1 unspecified atom stereocenters. The minimum Gasteiger partial charge on any atom is -0.493 e. The number of nitrogens with zero attached hydrogens (tertiary/aromatic N) is 2. The van der Waals surface area contributed by atoms with Gasteiger partial charge in [-0.2, -0.15) is 0 Å². The molecule has 8 nitrogen and oxygen atoms in total. The van der Waals surface area contributed by atoms with Gasteiger partial charge >= 0.3 is 0 Å². The van der Waals surface area contributed by atoms with Crippen molar-refractivity contribution >= 4 is 44.9 Å². The van der Waals surface area contributed by atoms with E-state index in [9.17, 15) is 9.59 Å². The summed E-state index contributed by atoms with van der Waals surface area (Å²) in [6, 6.07) is 5.85. The molecule has 1 aliphatic heterocycles. The number of ether oxygens (including phenoxy) is 3. The van der Waals surface area contributed by atoms with Crippen molar-refractivity contribution in [2.24, 2.45) is 0 Å². The van der Waals surface area contributed by atoms with Gasteiger partial charge in [0.2, 0.25) is 11.5 Å². The number of aromatic nitrogens is 1. The topological polar surface area (TPSA) is 91.1 Å². The predicted octanol–water partition coefficient (Wildman–Crippen LogP) is 5.60. The molecule has 0 spiro atoms. The maximum atomic E-state index is 13.9. The van der Waals surface area contributed by atoms with Gasteiger partial charge in [0.15, 0.2) is 22.1 Å². The molecule has 2 aromatic heterocycles. The second-order valence-corrected chi connectivity index (χ2v) is 10.0. The molecule has 186 valence electrons. The Balaban J connectivity index is 1.85. The molecule has 2 aromatic carbocycles. The second kappa shape index (κ2) is 8.83. The van der Waals surface area contributed by atoms with Crippen molar-refractivity contribution in [2.45, 2.75) is 26.8 Å². The number of amides is 1. The Kier molecular flexibility index (Phi) is 5.92. The largest absolute Gasteiger partial charge is 0.493 e. The highest BCUT2D eigenvalue weighted by atomic mass is 35.5. The van der Waals surface area contributed by atoms with Crippen LogP contribution in [0, 0.1) is 20.8 Å². The summed E-state index contributed by atoms with van der Waals surface area (Å²) in [6.45, 7) is 5.62. The van der Waals surface area contributed by atoms with Gasteiger partial charge in [-0.25, -0.2) is 4.98 Å². The minimum atomic E-state index is -0.841. The summed E-state index contributed by atoms with van der Waals surface area (Å²) in [6.07, 6.45) is 0. The van der Waals surface area contributed by atoms with Gasteiger partial charge in [0.25, 0.3) is 5.91 Å². The molecule has 1 aliphatic rings. The summed E-state index contributed by atoms with van der Waals surface area (Å²) in [7, 11) is 4.52. The van der Waals surface area contributed by atoms with E-state index >= 15 is 0 Å². The average Bonchev–Trinajstić information content (AvgIpc) is 3.35. The smallest absolute Gasteiger partial charge is 0.297 e. The molecule has 4 aromatic rings. The van der Waals surface area contributed by atoms with E-state index < -0.39 is 11.9 Å². The second-order valence-electron chi connectivity index (χ2n) is 8.45. The number of rotatable bonds is 5. The van der Waals surface area contributed by atoms with E-state index in [-0.39, 0.29) is 16.8 Å². The molecule has 0 fully saturated rings. The zero-order valence-electron chi connectivity index (χ0n) is 20.5. The number of hydrogen-bond acceptors (Lipinski definition) is 8. The number of methoxy groups -OCH3 is 3. The van der Waals surface area contributed by atoms with Crippen molar-refractivity contribution in [3.8, 4) is 17.2 Å². The van der Waals surface area contributed by atoms with Crippen LogP contribution in [-0.4, -0.2) is 32.2 Å². The van der Waals surface area contributed by atoms with Crippen molar-refractivity contribution < 1.29 is 23.4 Å². The van der Waals surface area contributed by atoms with Gasteiger partial charge in [-0.1, -0.05) is 11.6 Å². The number of anilines is 1. The number of carbonyl (C=O) groups is 1. The zero-order chi connectivity index (χ0) is 25.9. The Hall–Kier alpha value is -3.56. The van der Waals surface area contributed by atoms with E-state index in [4.69, 9.17) is 30.2 Å². The molecule has 36 heavy (non-hydrogen) atoms. The van der Waals surface area contributed by atoms with Gasteiger partial charge in [-0.05, 0) is 56.2 Å². The summed E-state index contributed by atoms with van der Waals surface area (Å²) in [5, 5.41) is 1.19. The molecule has 0 saturated carbocycles. The van der Waals surface area contributed by atoms with Crippen LogP contribution in [0.2, 0.25) is 5.02 Å². The third kappa shape index (κ3) is 3.53. The van der Waals surface area contributed by atoms with Crippen LogP contribution in [0.4, 0.5) is 5.13 Å². The fourth-order valence-electron chi connectivity index (χ4n) is 4.42. The van der Waals surface area contributed by atoms with Crippen molar-refractivity contribution in [3.05, 3.63) is 72.5 Å². The third-order valence-corrected chi connectivity index (χ3v) is 7.86. The van der Waals surface area contributed by atoms with Crippen LogP contribution in [0.15, 0.2) is 33.5 Å². The van der Waals surface area contributed by atoms with Crippen molar-refractivity contribution in [1.29, 1.82) is 0 Å². The van der Waals surface area contributed by atoms with Gasteiger partial charge in [0.1, 0.15) is 5.58 Å². The normalized spacial score (nSPS) is 14.9. The number of halogens is 1. The first-order valence-electron chi connectivity index (χ1n) is 11.0. The molecule has 0 N–H and O–H groups in total. The van der Waals surface area contributed by atoms with Crippen LogP contribution in [0.25, 0.3) is 11.0 Å². The first-order valence-corrected chi connectivity index (χ1v) is 12.2. The highest BCUT2D eigenvalue weighted by Gasteiger charge is 2.45. The van der Waals surface area contributed by atoms with E-state index in [2.05, 4.69) is 4.98 Å². The lowest BCUT2D eigenvalue weighted by molar-refractivity contribution is 0.0971. The minimum absolute atomic E-state index is 0.0292. The quantitative estimate of drug-likeness (QED) is 0.334. The number of hydrogen-bond donors (Lipinski definition) is 0. The van der Waals surface area contributed by atoms with Gasteiger partial charge < -0.3 is 18.6 Å². The van der Waals surface area contributed by atoms with E-state index in [0.717, 1.165) is 16.1 Å². The average molecular weight is 527 g/mol. The van der Waals surface area contributed by atoms with Gasteiger partial charge in [-0.15, -0.1) is 11.3 Å². The first kappa shape index (κ1) is 24.1. The van der Waals surface area contributed by atoms with Crippen LogP contribution in [-0.2, 0) is 0 Å². The summed E-state index contributed by atoms with van der Waals surface area (Å²) in [4.78, 5) is 34.8. The molecular weight excluding hydrogens is 504 g/mol.